The Labute approximate surface area is 174 Å². The first-order valence-corrected chi connectivity index (χ1v) is 11.1. The Balaban J connectivity index is 1.76. The molecule has 0 radical (unpaired) electrons. The van der Waals surface area contributed by atoms with Crippen LogP contribution in [-0.4, -0.2) is 30.5 Å². The van der Waals surface area contributed by atoms with Crippen LogP contribution in [0.25, 0.3) is 11.3 Å². The fourth-order valence-corrected chi connectivity index (χ4v) is 3.83. The van der Waals surface area contributed by atoms with Crippen LogP contribution in [0.3, 0.4) is 0 Å². The number of amides is 1. The average Bonchev–Trinajstić information content (AvgIpc) is 3.09. The molecule has 2 aromatic carbocycles. The highest BCUT2D eigenvalue weighted by atomic mass is 35.5. The van der Waals surface area contributed by atoms with E-state index in [0.29, 0.717) is 16.9 Å². The van der Waals surface area contributed by atoms with Crippen molar-refractivity contribution in [3.63, 3.8) is 0 Å². The lowest BCUT2D eigenvalue weighted by atomic mass is 10.1. The third-order valence-electron chi connectivity index (χ3n) is 3.61. The van der Waals surface area contributed by atoms with Gasteiger partial charge in [0, 0.05) is 28.8 Å². The van der Waals surface area contributed by atoms with Crippen molar-refractivity contribution < 1.29 is 18.1 Å². The molecule has 0 unspecified atom stereocenters. The van der Waals surface area contributed by atoms with E-state index < -0.39 is 20.9 Å². The summed E-state index contributed by atoms with van der Waals surface area (Å²) < 4.78 is 24.9. The minimum absolute atomic E-state index is 0.0335. The van der Waals surface area contributed by atoms with Crippen LogP contribution in [0.1, 0.15) is 10.4 Å². The Morgan fingerprint density at radius 2 is 1.90 bits per heavy atom. The quantitative estimate of drug-likeness (QED) is 0.429. The van der Waals surface area contributed by atoms with Crippen LogP contribution in [0, 0.1) is 10.1 Å². The molecule has 0 aliphatic rings. The maximum atomic E-state index is 12.4. The monoisotopic (exact) mass is 452 g/mol. The molecule has 1 amide bonds. The smallest absolute Gasteiger partial charge is 0.270 e. The lowest BCUT2D eigenvalue weighted by molar-refractivity contribution is -0.384. The predicted octanol–water partition coefficient (Wildman–Crippen LogP) is 4.00. The third-order valence-corrected chi connectivity index (χ3v) is 5.31. The van der Waals surface area contributed by atoms with E-state index in [0.717, 1.165) is 12.3 Å². The fourth-order valence-electron chi connectivity index (χ4n) is 2.35. The van der Waals surface area contributed by atoms with Gasteiger partial charge in [0.2, 0.25) is 10.0 Å². The van der Waals surface area contributed by atoms with E-state index in [4.69, 9.17) is 11.6 Å². The fraction of sp³-hybridized carbons (Fsp3) is 0.0588. The first-order valence-electron chi connectivity index (χ1n) is 7.91. The lowest BCUT2D eigenvalue weighted by Gasteiger charge is -2.05. The number of sulfonamides is 1. The first kappa shape index (κ1) is 20.7. The maximum absolute atomic E-state index is 12.4. The van der Waals surface area contributed by atoms with Crippen molar-refractivity contribution in [1.29, 1.82) is 0 Å². The number of halogens is 1. The van der Waals surface area contributed by atoms with Crippen molar-refractivity contribution in [2.45, 2.75) is 0 Å². The average molecular weight is 453 g/mol. The molecule has 0 saturated carbocycles. The molecule has 3 rings (SSSR count). The van der Waals surface area contributed by atoms with Crippen molar-refractivity contribution in [3.8, 4) is 11.3 Å². The summed E-state index contributed by atoms with van der Waals surface area (Å²) >= 11 is 7.14. The lowest BCUT2D eigenvalue weighted by Crippen LogP contribution is -2.12. The van der Waals surface area contributed by atoms with E-state index in [1.54, 1.807) is 29.6 Å². The SMILES string of the molecule is CS(=O)(=O)Nc1ccc(-c2csc(NC(=O)c3cc([N+](=O)[O-])ccc3Cl)n2)cc1. The summed E-state index contributed by atoms with van der Waals surface area (Å²) in [5, 5.41) is 15.5. The molecule has 0 aliphatic carbocycles. The number of carbonyl (C=O) groups is 1. The zero-order valence-corrected chi connectivity index (χ0v) is 17.1. The normalized spacial score (nSPS) is 11.1. The molecule has 9 nitrogen and oxygen atoms in total. The molecule has 2 N–H and O–H groups in total. The summed E-state index contributed by atoms with van der Waals surface area (Å²) in [6, 6.07) is 10.2. The van der Waals surface area contributed by atoms with Gasteiger partial charge in [0.25, 0.3) is 11.6 Å². The summed E-state index contributed by atoms with van der Waals surface area (Å²) in [7, 11) is -3.37. The Morgan fingerprint density at radius 1 is 1.21 bits per heavy atom. The molecule has 29 heavy (non-hydrogen) atoms. The van der Waals surface area contributed by atoms with Gasteiger partial charge in [0.05, 0.1) is 27.5 Å². The van der Waals surface area contributed by atoms with Gasteiger partial charge < -0.3 is 0 Å². The summed E-state index contributed by atoms with van der Waals surface area (Å²) in [6.07, 6.45) is 1.06. The van der Waals surface area contributed by atoms with Crippen molar-refractivity contribution in [2.75, 3.05) is 16.3 Å². The second kappa shape index (κ2) is 8.15. The van der Waals surface area contributed by atoms with Crippen molar-refractivity contribution in [3.05, 3.63) is 68.5 Å². The van der Waals surface area contributed by atoms with E-state index in [-0.39, 0.29) is 21.4 Å². The molecular weight excluding hydrogens is 440 g/mol. The van der Waals surface area contributed by atoms with Crippen LogP contribution < -0.4 is 10.0 Å². The molecule has 1 aromatic heterocycles. The van der Waals surface area contributed by atoms with Gasteiger partial charge >= 0.3 is 0 Å². The van der Waals surface area contributed by atoms with Crippen LogP contribution in [0.4, 0.5) is 16.5 Å². The topological polar surface area (TPSA) is 131 Å². The predicted molar refractivity (Wildman–Crippen MR) is 112 cm³/mol. The van der Waals surface area contributed by atoms with Crippen LogP contribution in [-0.2, 0) is 10.0 Å². The molecule has 1 heterocycles. The van der Waals surface area contributed by atoms with E-state index in [1.807, 2.05) is 0 Å². The Hall–Kier alpha value is -3.02. The number of hydrogen-bond acceptors (Lipinski definition) is 7. The minimum atomic E-state index is -3.37. The number of nitro benzene ring substituents is 1. The van der Waals surface area contributed by atoms with E-state index in [9.17, 15) is 23.3 Å². The van der Waals surface area contributed by atoms with E-state index >= 15 is 0 Å². The van der Waals surface area contributed by atoms with Gasteiger partial charge in [-0.05, 0) is 18.2 Å². The number of non-ortho nitro benzene ring substituents is 1. The molecule has 12 heteroatoms. The molecule has 0 aliphatic heterocycles. The largest absolute Gasteiger partial charge is 0.298 e. The zero-order chi connectivity index (χ0) is 21.2. The van der Waals surface area contributed by atoms with Crippen LogP contribution >= 0.6 is 22.9 Å². The van der Waals surface area contributed by atoms with Crippen molar-refractivity contribution in [2.24, 2.45) is 0 Å². The molecule has 0 bridgehead atoms. The number of rotatable bonds is 6. The minimum Gasteiger partial charge on any atom is -0.298 e. The van der Waals surface area contributed by atoms with Crippen LogP contribution in [0.15, 0.2) is 47.8 Å². The molecule has 0 saturated heterocycles. The van der Waals surface area contributed by atoms with E-state index in [2.05, 4.69) is 15.0 Å². The number of nitro groups is 1. The summed E-state index contributed by atoms with van der Waals surface area (Å²) in [5.74, 6) is -0.618. The molecule has 150 valence electrons. The second-order valence-electron chi connectivity index (χ2n) is 5.86. The number of aromatic nitrogens is 1. The molecule has 0 atom stereocenters. The Kier molecular flexibility index (Phi) is 5.82. The Morgan fingerprint density at radius 3 is 2.52 bits per heavy atom. The number of benzene rings is 2. The van der Waals surface area contributed by atoms with Crippen molar-refractivity contribution >= 4 is 55.4 Å². The number of anilines is 2. The summed E-state index contributed by atoms with van der Waals surface area (Å²) in [5.41, 5.74) is 1.42. The third kappa shape index (κ3) is 5.28. The number of carbonyl (C=O) groups excluding carboxylic acids is 1. The molecule has 0 fully saturated rings. The van der Waals surface area contributed by atoms with Gasteiger partial charge in [-0.3, -0.25) is 24.9 Å². The zero-order valence-electron chi connectivity index (χ0n) is 14.7. The standard InChI is InChI=1S/C17H13ClN4O5S2/c1-29(26,27)21-11-4-2-10(3-5-11)15-9-28-17(19-15)20-16(23)13-8-12(22(24)25)6-7-14(13)18/h2-9,21H,1H3,(H,19,20,23). The highest BCUT2D eigenvalue weighted by Gasteiger charge is 2.17. The highest BCUT2D eigenvalue weighted by molar-refractivity contribution is 7.92. The van der Waals surface area contributed by atoms with Gasteiger partial charge in [-0.15, -0.1) is 11.3 Å². The first-order chi connectivity index (χ1) is 13.6. The summed E-state index contributed by atoms with van der Waals surface area (Å²) in [4.78, 5) is 27.0. The van der Waals surface area contributed by atoms with Crippen molar-refractivity contribution in [1.82, 2.24) is 4.98 Å². The highest BCUT2D eigenvalue weighted by Crippen LogP contribution is 2.28. The molecule has 3 aromatic rings. The van der Waals surface area contributed by atoms with Gasteiger partial charge in [0.1, 0.15) is 0 Å². The van der Waals surface area contributed by atoms with Gasteiger partial charge in [-0.1, -0.05) is 23.7 Å². The summed E-state index contributed by atoms with van der Waals surface area (Å²) in [6.45, 7) is 0. The van der Waals surface area contributed by atoms with Gasteiger partial charge in [0.15, 0.2) is 5.13 Å². The maximum Gasteiger partial charge on any atom is 0.270 e. The molecule has 0 spiro atoms. The van der Waals surface area contributed by atoms with Crippen LogP contribution in [0.2, 0.25) is 5.02 Å². The second-order valence-corrected chi connectivity index (χ2v) is 8.88. The Bertz CT molecular complexity index is 1190. The van der Waals surface area contributed by atoms with Gasteiger partial charge in [-0.25, -0.2) is 13.4 Å². The molecular formula is C17H13ClN4O5S2. The number of nitrogens with zero attached hydrogens (tertiary/aromatic N) is 2. The van der Waals surface area contributed by atoms with E-state index in [1.165, 1.54) is 23.5 Å². The number of thiazole rings is 1. The van der Waals surface area contributed by atoms with Crippen LogP contribution in [0.5, 0.6) is 0 Å². The number of nitrogens with one attached hydrogen (secondary N) is 2. The van der Waals surface area contributed by atoms with Gasteiger partial charge in [-0.2, -0.15) is 0 Å². The number of hydrogen-bond donors (Lipinski definition) is 2.